The monoisotopic (exact) mass is 318 g/mol. The molecule has 0 saturated heterocycles. The summed E-state index contributed by atoms with van der Waals surface area (Å²) < 4.78 is 53.4. The van der Waals surface area contributed by atoms with Crippen LogP contribution in [0.2, 0.25) is 0 Å². The number of nitrogens with one attached hydrogen (secondary N) is 1. The number of halogens is 2. The Bertz CT molecular complexity index is 742. The lowest BCUT2D eigenvalue weighted by molar-refractivity contribution is 0.579. The average molecular weight is 318 g/mol. The van der Waals surface area contributed by atoms with Crippen molar-refractivity contribution in [2.24, 2.45) is 5.73 Å². The van der Waals surface area contributed by atoms with Crippen molar-refractivity contribution < 1.29 is 17.2 Å². The smallest absolute Gasteiger partial charge is 0.271 e. The molecule has 3 N–H and O–H groups in total. The van der Waals surface area contributed by atoms with Gasteiger partial charge < -0.3 is 5.73 Å². The van der Waals surface area contributed by atoms with Crippen LogP contribution in [0.15, 0.2) is 27.8 Å². The van der Waals surface area contributed by atoms with Gasteiger partial charge in [-0.1, -0.05) is 6.07 Å². The predicted molar refractivity (Wildman–Crippen MR) is 74.1 cm³/mol. The van der Waals surface area contributed by atoms with Crippen LogP contribution in [0.25, 0.3) is 0 Å². The highest BCUT2D eigenvalue weighted by molar-refractivity contribution is 7.94. The number of thiophene rings is 1. The molecule has 4 nitrogen and oxygen atoms in total. The molecule has 0 aliphatic rings. The fourth-order valence-electron chi connectivity index (χ4n) is 1.54. The Morgan fingerprint density at radius 1 is 1.35 bits per heavy atom. The summed E-state index contributed by atoms with van der Waals surface area (Å²) in [5, 5.41) is 1.58. The fraction of sp³-hybridized carbons (Fsp3) is 0.167. The van der Waals surface area contributed by atoms with Gasteiger partial charge in [-0.05, 0) is 35.6 Å². The number of rotatable bonds is 4. The van der Waals surface area contributed by atoms with E-state index in [0.29, 0.717) is 5.56 Å². The van der Waals surface area contributed by atoms with Crippen LogP contribution < -0.4 is 10.5 Å². The van der Waals surface area contributed by atoms with E-state index in [1.165, 1.54) is 19.1 Å². The molecule has 0 aliphatic carbocycles. The van der Waals surface area contributed by atoms with Gasteiger partial charge in [0.05, 0.1) is 0 Å². The molecule has 0 radical (unpaired) electrons. The summed E-state index contributed by atoms with van der Waals surface area (Å²) in [5.41, 5.74) is 5.52. The molecule has 1 aromatic carbocycles. The molecule has 0 atom stereocenters. The van der Waals surface area contributed by atoms with E-state index in [4.69, 9.17) is 5.73 Å². The summed E-state index contributed by atoms with van der Waals surface area (Å²) in [6.07, 6.45) is 0. The Morgan fingerprint density at radius 2 is 2.05 bits per heavy atom. The number of sulfonamides is 1. The van der Waals surface area contributed by atoms with E-state index in [1.807, 2.05) is 4.72 Å². The van der Waals surface area contributed by atoms with Gasteiger partial charge in [0.25, 0.3) is 10.0 Å². The first-order chi connectivity index (χ1) is 9.35. The van der Waals surface area contributed by atoms with Crippen molar-refractivity contribution in [3.63, 3.8) is 0 Å². The molecule has 0 amide bonds. The molecule has 0 unspecified atom stereocenters. The number of nitrogens with two attached hydrogens (primary N) is 1. The third kappa shape index (κ3) is 2.82. The van der Waals surface area contributed by atoms with E-state index in [2.05, 4.69) is 0 Å². The minimum Gasteiger partial charge on any atom is -0.326 e. The molecular formula is C12H12F2N2O2S2. The molecule has 0 spiro atoms. The van der Waals surface area contributed by atoms with Gasteiger partial charge in [0.1, 0.15) is 15.7 Å². The standard InChI is InChI=1S/C12H12F2N2O2S2/c1-7-2-3-9(13)12(11(7)14)16-20(17,18)10-4-8(5-15)6-19-10/h2-4,6,16H,5,15H2,1H3. The molecule has 8 heteroatoms. The quantitative estimate of drug-likeness (QED) is 0.910. The summed E-state index contributed by atoms with van der Waals surface area (Å²) in [7, 11) is -4.03. The second-order valence-electron chi connectivity index (χ2n) is 4.14. The van der Waals surface area contributed by atoms with Crippen LogP contribution in [0, 0.1) is 18.6 Å². The summed E-state index contributed by atoms with van der Waals surface area (Å²) in [6, 6.07) is 3.62. The van der Waals surface area contributed by atoms with Gasteiger partial charge in [0.2, 0.25) is 0 Å². The number of benzene rings is 1. The van der Waals surface area contributed by atoms with Crippen molar-refractivity contribution in [3.05, 3.63) is 46.3 Å². The number of hydrogen-bond acceptors (Lipinski definition) is 4. The number of aryl methyl sites for hydroxylation is 1. The molecule has 0 aliphatic heterocycles. The van der Waals surface area contributed by atoms with E-state index in [0.717, 1.165) is 17.4 Å². The normalized spacial score (nSPS) is 11.6. The maximum Gasteiger partial charge on any atom is 0.271 e. The molecule has 20 heavy (non-hydrogen) atoms. The number of anilines is 1. The average Bonchev–Trinajstić information content (AvgIpc) is 2.89. The Kier molecular flexibility index (Phi) is 4.07. The van der Waals surface area contributed by atoms with Gasteiger partial charge >= 0.3 is 0 Å². The Morgan fingerprint density at radius 3 is 2.65 bits per heavy atom. The van der Waals surface area contributed by atoms with Crippen molar-refractivity contribution in [2.75, 3.05) is 4.72 Å². The van der Waals surface area contributed by atoms with Crippen LogP contribution in [0.5, 0.6) is 0 Å². The molecule has 1 aromatic heterocycles. The highest BCUT2D eigenvalue weighted by atomic mass is 32.2. The lowest BCUT2D eigenvalue weighted by Crippen LogP contribution is -2.14. The first-order valence-electron chi connectivity index (χ1n) is 5.60. The SMILES string of the molecule is Cc1ccc(F)c(NS(=O)(=O)c2cc(CN)cs2)c1F. The molecule has 2 aromatic rings. The van der Waals surface area contributed by atoms with Crippen LogP contribution >= 0.6 is 11.3 Å². The first kappa shape index (κ1) is 14.9. The van der Waals surface area contributed by atoms with Crippen LogP contribution in [0.4, 0.5) is 14.5 Å². The lowest BCUT2D eigenvalue weighted by Gasteiger charge is -2.09. The van der Waals surface area contributed by atoms with Crippen LogP contribution in [0.3, 0.4) is 0 Å². The van der Waals surface area contributed by atoms with Gasteiger partial charge in [0.15, 0.2) is 5.82 Å². The van der Waals surface area contributed by atoms with E-state index < -0.39 is 27.3 Å². The van der Waals surface area contributed by atoms with Crippen molar-refractivity contribution in [1.29, 1.82) is 0 Å². The molecule has 2 rings (SSSR count). The van der Waals surface area contributed by atoms with Crippen molar-refractivity contribution in [2.45, 2.75) is 17.7 Å². The largest absolute Gasteiger partial charge is 0.326 e. The fourth-order valence-corrected chi connectivity index (χ4v) is 3.83. The minimum atomic E-state index is -4.03. The minimum absolute atomic E-state index is 0.0433. The molecular weight excluding hydrogens is 306 g/mol. The molecule has 0 saturated carbocycles. The molecule has 1 heterocycles. The maximum atomic E-state index is 13.8. The second-order valence-corrected chi connectivity index (χ2v) is 6.96. The lowest BCUT2D eigenvalue weighted by atomic mass is 10.2. The summed E-state index contributed by atoms with van der Waals surface area (Å²) in [6.45, 7) is 1.61. The molecule has 0 bridgehead atoms. The van der Waals surface area contributed by atoms with Crippen LogP contribution in [-0.4, -0.2) is 8.42 Å². The van der Waals surface area contributed by atoms with Crippen molar-refractivity contribution >= 4 is 27.0 Å². The maximum absolute atomic E-state index is 13.8. The summed E-state index contributed by atoms with van der Waals surface area (Å²) in [4.78, 5) is 0. The third-order valence-corrected chi connectivity index (χ3v) is 5.49. The van der Waals surface area contributed by atoms with E-state index in [-0.39, 0.29) is 16.3 Å². The van der Waals surface area contributed by atoms with Gasteiger partial charge in [0, 0.05) is 6.54 Å². The Balaban J connectivity index is 2.41. The van der Waals surface area contributed by atoms with Gasteiger partial charge in [-0.15, -0.1) is 11.3 Å². The van der Waals surface area contributed by atoms with Crippen LogP contribution in [0.1, 0.15) is 11.1 Å². The second kappa shape index (κ2) is 5.47. The first-order valence-corrected chi connectivity index (χ1v) is 7.96. The summed E-state index contributed by atoms with van der Waals surface area (Å²) in [5.74, 6) is -1.89. The predicted octanol–water partition coefficient (Wildman–Crippen LogP) is 2.59. The Labute approximate surface area is 119 Å². The topological polar surface area (TPSA) is 72.2 Å². The van der Waals surface area contributed by atoms with Gasteiger partial charge in [-0.3, -0.25) is 4.72 Å². The highest BCUT2D eigenvalue weighted by Crippen LogP contribution is 2.27. The van der Waals surface area contributed by atoms with E-state index in [9.17, 15) is 17.2 Å². The van der Waals surface area contributed by atoms with E-state index >= 15 is 0 Å². The molecule has 0 fully saturated rings. The van der Waals surface area contributed by atoms with Crippen molar-refractivity contribution in [1.82, 2.24) is 0 Å². The zero-order valence-electron chi connectivity index (χ0n) is 10.5. The Hall–Kier alpha value is -1.51. The van der Waals surface area contributed by atoms with Gasteiger partial charge in [-0.25, -0.2) is 17.2 Å². The zero-order chi connectivity index (χ0) is 14.9. The van der Waals surface area contributed by atoms with Crippen LogP contribution in [-0.2, 0) is 16.6 Å². The third-order valence-electron chi connectivity index (χ3n) is 2.65. The summed E-state index contributed by atoms with van der Waals surface area (Å²) >= 11 is 0.941. The highest BCUT2D eigenvalue weighted by Gasteiger charge is 2.21. The van der Waals surface area contributed by atoms with Crippen molar-refractivity contribution in [3.8, 4) is 0 Å². The van der Waals surface area contributed by atoms with E-state index in [1.54, 1.807) is 5.38 Å². The number of hydrogen-bond donors (Lipinski definition) is 2. The molecule has 108 valence electrons. The van der Waals surface area contributed by atoms with Gasteiger partial charge in [-0.2, -0.15) is 0 Å². The zero-order valence-corrected chi connectivity index (χ0v) is 12.1.